The van der Waals surface area contributed by atoms with Gasteiger partial charge >= 0.3 is 0 Å². The molecule has 9 rings (SSSR count). The molecule has 1 radical (unpaired) electrons. The SMILES string of the molecule is CCCCCCCOc1ccc([C+]2c3ccc([n-]3)[C+](c3ccc(OCCCCCCC)cc3)c3ccc([n-]3)[C+](c3ccc(OCCCCCCC)cc3)c3ccc([n-]3)[C+](c3ccc(OCCCCCCC)cc3)c3ccc2[n-]3)cc1.[Ag]. The van der Waals surface area contributed by atoms with E-state index < -0.39 is 0 Å². The van der Waals surface area contributed by atoms with Gasteiger partial charge in [-0.25, -0.2) is 0 Å². The van der Waals surface area contributed by atoms with Crippen LogP contribution in [-0.2, 0) is 22.4 Å². The van der Waals surface area contributed by atoms with Crippen LogP contribution in [0.15, 0.2) is 146 Å². The Morgan fingerprint density at radius 3 is 0.580 bits per heavy atom. The van der Waals surface area contributed by atoms with Crippen LogP contribution in [0.25, 0.3) is 0 Å². The Morgan fingerprint density at radius 2 is 0.407 bits per heavy atom. The van der Waals surface area contributed by atoms with E-state index in [0.29, 0.717) is 26.4 Å². The zero-order valence-electron chi connectivity index (χ0n) is 48.6. The number of unbranched alkanes of at least 4 members (excludes halogenated alkanes) is 16. The molecule has 0 aliphatic carbocycles. The summed E-state index contributed by atoms with van der Waals surface area (Å²) in [6.07, 6.45) is 23.8. The maximum atomic E-state index is 6.28. The minimum Gasteiger partial charge on any atom is -0.628 e. The molecule has 4 aromatic heterocycles. The Balaban J connectivity index is 0.00000860. The fourth-order valence-corrected chi connectivity index (χ4v) is 10.7. The van der Waals surface area contributed by atoms with Crippen molar-refractivity contribution in [3.8, 4) is 23.0 Å². The van der Waals surface area contributed by atoms with Gasteiger partial charge < -0.3 is 38.9 Å². The molecule has 0 unspecified atom stereocenters. The van der Waals surface area contributed by atoms with Gasteiger partial charge in [-0.1, -0.05) is 130 Å². The number of aromatic nitrogens is 4. The molecule has 0 spiro atoms. The largest absolute Gasteiger partial charge is 0.628 e. The molecule has 427 valence electrons. The van der Waals surface area contributed by atoms with Gasteiger partial charge in [0.25, 0.3) is 0 Å². The molecule has 8 aromatic rings. The summed E-state index contributed by atoms with van der Waals surface area (Å²) in [5.74, 6) is 7.13. The molecule has 0 saturated carbocycles. The third-order valence-electron chi connectivity index (χ3n) is 15.2. The standard InChI is InChI=1S/C72H84N4O4.Ag/c1-5-9-13-17-21-49-77-57-33-25-53(26-34-57)69-61-41-43-63(73-61)70(54-27-35-58(36-28-54)78-50-22-18-14-10-6-2)65-45-47-67(75-65)72(56-31-39-60(40-32-56)80-52-24-20-16-12-8-4)68-48-46-66(76-68)71(64-44-42-62(69)74-64)55-29-37-59(38-30-55)79-51-23-19-15-11-7-3;/h25-48H,5-24,49-52H2,1-4H3;. The monoisotopic (exact) mass is 1180 g/mol. The number of ether oxygens (including phenoxy) is 4. The van der Waals surface area contributed by atoms with Crippen molar-refractivity contribution in [1.82, 2.24) is 19.9 Å². The first-order valence-corrected chi connectivity index (χ1v) is 30.5. The maximum absolute atomic E-state index is 6.28. The van der Waals surface area contributed by atoms with E-state index in [1.165, 1.54) is 103 Å². The van der Waals surface area contributed by atoms with Gasteiger partial charge in [0.05, 0.1) is 48.7 Å². The minimum atomic E-state index is 0. The first-order valence-electron chi connectivity index (χ1n) is 30.5. The van der Waals surface area contributed by atoms with Crippen molar-refractivity contribution in [1.29, 1.82) is 0 Å². The second-order valence-electron chi connectivity index (χ2n) is 21.5. The Hall–Kier alpha value is -6.58. The van der Waals surface area contributed by atoms with Crippen LogP contribution in [0.2, 0.25) is 0 Å². The van der Waals surface area contributed by atoms with Crippen molar-refractivity contribution in [3.05, 3.63) is 237 Å². The summed E-state index contributed by atoms with van der Waals surface area (Å²) >= 11 is 0. The molecule has 8 nitrogen and oxygen atoms in total. The molecule has 8 bridgehead atoms. The van der Waals surface area contributed by atoms with Gasteiger partial charge in [0, 0.05) is 192 Å². The van der Waals surface area contributed by atoms with E-state index in [9.17, 15) is 0 Å². The van der Waals surface area contributed by atoms with Crippen molar-refractivity contribution in [2.45, 2.75) is 156 Å². The van der Waals surface area contributed by atoms with Crippen molar-refractivity contribution < 1.29 is 41.3 Å². The average molecular weight is 1180 g/mol. The summed E-state index contributed by atoms with van der Waals surface area (Å²) in [6.45, 7) is 11.8. The van der Waals surface area contributed by atoms with Crippen molar-refractivity contribution in [3.63, 3.8) is 0 Å². The topological polar surface area (TPSA) is 93.3 Å². The number of nitrogens with zero attached hydrogens (tertiary/aromatic N) is 4. The molecule has 81 heavy (non-hydrogen) atoms. The first-order chi connectivity index (χ1) is 39.5. The second kappa shape index (κ2) is 32.2. The molecule has 0 fully saturated rings. The zero-order chi connectivity index (χ0) is 55.1. The fourth-order valence-electron chi connectivity index (χ4n) is 10.7. The van der Waals surface area contributed by atoms with Crippen molar-refractivity contribution >= 4 is 0 Å². The first kappa shape index (κ1) is 60.5. The van der Waals surface area contributed by atoms with Crippen LogP contribution in [0.5, 0.6) is 23.0 Å². The van der Waals surface area contributed by atoms with E-state index in [-0.39, 0.29) is 22.4 Å². The van der Waals surface area contributed by atoms with Crippen LogP contribution in [-0.4, -0.2) is 26.4 Å². The van der Waals surface area contributed by atoms with Crippen molar-refractivity contribution in [2.75, 3.05) is 26.4 Å². The summed E-state index contributed by atoms with van der Waals surface area (Å²) in [6, 6.07) is 50.8. The molecular formula is C72H84AgN4O4. The average Bonchev–Trinajstić information content (AvgIpc) is 4.40. The van der Waals surface area contributed by atoms with E-state index in [1.54, 1.807) is 0 Å². The summed E-state index contributed by atoms with van der Waals surface area (Å²) in [5.41, 5.74) is 10.5. The number of hydrogen-bond donors (Lipinski definition) is 0. The molecular weight excluding hydrogens is 1090 g/mol. The summed E-state index contributed by atoms with van der Waals surface area (Å²) in [4.78, 5) is 22.2. The predicted octanol–water partition coefficient (Wildman–Crippen LogP) is 17.3. The van der Waals surface area contributed by atoms with Gasteiger partial charge in [-0.2, -0.15) is 0 Å². The van der Waals surface area contributed by atoms with Crippen LogP contribution < -0.4 is 38.9 Å². The normalized spacial score (nSPS) is 12.2. The van der Waals surface area contributed by atoms with Crippen molar-refractivity contribution in [2.24, 2.45) is 0 Å². The Morgan fingerprint density at radius 1 is 0.235 bits per heavy atom. The molecule has 5 heterocycles. The fraction of sp³-hybridized carbons (Fsp3) is 0.389. The third kappa shape index (κ3) is 16.8. The van der Waals surface area contributed by atoms with Crippen LogP contribution in [0.1, 0.15) is 224 Å². The molecule has 1 aliphatic rings. The van der Waals surface area contributed by atoms with Crippen LogP contribution >= 0.6 is 0 Å². The van der Waals surface area contributed by atoms with Crippen LogP contribution in [0, 0.1) is 23.7 Å². The molecule has 4 aromatic carbocycles. The number of fused-ring (bicyclic) bond motifs is 8. The zero-order valence-corrected chi connectivity index (χ0v) is 50.0. The quantitative estimate of drug-likeness (QED) is 0.0234. The third-order valence-corrected chi connectivity index (χ3v) is 15.2. The Kier molecular flexibility index (Phi) is 24.0. The molecule has 1 aliphatic heterocycles. The van der Waals surface area contributed by atoms with Gasteiger partial charge in [0.15, 0.2) is 0 Å². The van der Waals surface area contributed by atoms with Gasteiger partial charge in [0.2, 0.25) is 0 Å². The Bertz CT molecular complexity index is 2500. The molecule has 9 heteroatoms. The summed E-state index contributed by atoms with van der Waals surface area (Å²) in [7, 11) is 0. The van der Waals surface area contributed by atoms with E-state index in [2.05, 4.69) is 173 Å². The summed E-state index contributed by atoms with van der Waals surface area (Å²) < 4.78 is 25.1. The second-order valence-corrected chi connectivity index (χ2v) is 21.5. The van der Waals surface area contributed by atoms with E-state index in [1.807, 2.05) is 0 Å². The molecule has 0 amide bonds. The molecule has 0 saturated heterocycles. The van der Waals surface area contributed by atoms with Gasteiger partial charge in [0.1, 0.15) is 23.0 Å². The predicted molar refractivity (Wildman–Crippen MR) is 324 cm³/mol. The number of benzene rings is 4. The van der Waals surface area contributed by atoms with Crippen LogP contribution in [0.3, 0.4) is 0 Å². The van der Waals surface area contributed by atoms with E-state index in [4.69, 9.17) is 38.9 Å². The number of rotatable bonds is 32. The molecule has 0 N–H and O–H groups in total. The van der Waals surface area contributed by atoms with Gasteiger partial charge in [-0.05, 0) is 71.2 Å². The van der Waals surface area contributed by atoms with Gasteiger partial charge in [-0.3, -0.25) is 0 Å². The maximum Gasteiger partial charge on any atom is 0.134 e. The van der Waals surface area contributed by atoms with E-state index in [0.717, 1.165) is 140 Å². The minimum absolute atomic E-state index is 0. The van der Waals surface area contributed by atoms with Gasteiger partial charge in [-0.15, -0.1) is 0 Å². The molecule has 0 atom stereocenters. The van der Waals surface area contributed by atoms with Crippen LogP contribution in [0.4, 0.5) is 0 Å². The smallest absolute Gasteiger partial charge is 0.134 e. The Labute approximate surface area is 500 Å². The summed E-state index contributed by atoms with van der Waals surface area (Å²) in [5, 5.41) is 0. The van der Waals surface area contributed by atoms with E-state index >= 15 is 0 Å². The number of hydrogen-bond acceptors (Lipinski definition) is 4.